The van der Waals surface area contributed by atoms with Crippen LogP contribution in [0.15, 0.2) is 85.2 Å². The number of nitrogen functional groups attached to an aromatic ring is 1. The average molecular weight is 491 g/mol. The van der Waals surface area contributed by atoms with E-state index in [1.54, 1.807) is 6.92 Å². The molecule has 0 aliphatic rings. The van der Waals surface area contributed by atoms with Crippen LogP contribution in [0.25, 0.3) is 27.8 Å². The molecule has 0 atom stereocenters. The first-order valence-electron chi connectivity index (χ1n) is 11.7. The fourth-order valence-electron chi connectivity index (χ4n) is 4.24. The molecule has 0 unspecified atom stereocenters. The summed E-state index contributed by atoms with van der Waals surface area (Å²) in [6, 6.07) is 21.1. The van der Waals surface area contributed by atoms with Gasteiger partial charge in [-0.25, -0.2) is 14.5 Å². The molecule has 0 saturated carbocycles. The first-order chi connectivity index (χ1) is 17.8. The van der Waals surface area contributed by atoms with E-state index in [0.717, 1.165) is 39.2 Å². The van der Waals surface area contributed by atoms with Crippen LogP contribution in [0, 0.1) is 13.8 Å². The van der Waals surface area contributed by atoms with Crippen molar-refractivity contribution in [2.24, 2.45) is 0 Å². The molecule has 1 amide bonds. The maximum absolute atomic E-state index is 12.0. The molecule has 5 rings (SSSR count). The predicted octanol–water partition coefficient (Wildman–Crippen LogP) is 5.96. The fourth-order valence-corrected chi connectivity index (χ4v) is 4.24. The lowest BCUT2D eigenvalue weighted by molar-refractivity contribution is -0.112. The summed E-state index contributed by atoms with van der Waals surface area (Å²) in [6.07, 6.45) is 1.45. The van der Waals surface area contributed by atoms with E-state index < -0.39 is 0 Å². The van der Waals surface area contributed by atoms with Crippen LogP contribution in [0.2, 0.25) is 0 Å². The minimum atomic E-state index is -0.217. The molecule has 0 bridgehead atoms. The van der Waals surface area contributed by atoms with Gasteiger partial charge in [-0.2, -0.15) is 5.10 Å². The first kappa shape index (κ1) is 23.7. The number of carbonyl (C=O) groups excluding carboxylic acids is 1. The molecular weight excluding hydrogens is 464 g/mol. The summed E-state index contributed by atoms with van der Waals surface area (Å²) in [5.41, 5.74) is 13.8. The van der Waals surface area contributed by atoms with Gasteiger partial charge in [0.05, 0.1) is 0 Å². The number of aromatic nitrogens is 4. The number of nitrogens with one attached hydrogen (secondary N) is 1. The monoisotopic (exact) mass is 490 g/mol. The fraction of sp³-hybridized carbons (Fsp3) is 0.103. The Morgan fingerprint density at radius 1 is 0.973 bits per heavy atom. The van der Waals surface area contributed by atoms with Gasteiger partial charge in [0.25, 0.3) is 5.91 Å². The van der Waals surface area contributed by atoms with Crippen LogP contribution in [0.3, 0.4) is 0 Å². The van der Waals surface area contributed by atoms with Crippen LogP contribution >= 0.6 is 0 Å². The second-order valence-electron chi connectivity index (χ2n) is 8.80. The van der Waals surface area contributed by atoms with Crippen molar-refractivity contribution in [2.45, 2.75) is 20.8 Å². The lowest BCUT2D eigenvalue weighted by Crippen LogP contribution is -2.11. The van der Waals surface area contributed by atoms with Gasteiger partial charge in [-0.15, -0.1) is 0 Å². The van der Waals surface area contributed by atoms with E-state index in [1.165, 1.54) is 6.33 Å². The van der Waals surface area contributed by atoms with Crippen LogP contribution in [-0.4, -0.2) is 25.5 Å². The van der Waals surface area contributed by atoms with Crippen molar-refractivity contribution in [3.05, 3.63) is 96.6 Å². The standard InChI is InChI=1S/C29H26N6O2/c1-17(2)29(36)34-22-12-8-20(9-13-22)25-19(4)35-27(28(30)31-16-32-35)26(25)21-10-14-23(15-11-21)37-24-7-5-6-18(3)33-24/h5-16H,1H2,2-4H3,(H,34,36)(H2,30,31,32). The van der Waals surface area contributed by atoms with E-state index in [1.807, 2.05) is 85.1 Å². The summed E-state index contributed by atoms with van der Waals surface area (Å²) in [7, 11) is 0. The number of ether oxygens (including phenoxy) is 1. The molecule has 8 heteroatoms. The van der Waals surface area contributed by atoms with E-state index in [9.17, 15) is 4.79 Å². The molecule has 8 nitrogen and oxygen atoms in total. The van der Waals surface area contributed by atoms with Crippen molar-refractivity contribution in [3.8, 4) is 33.9 Å². The summed E-state index contributed by atoms with van der Waals surface area (Å²) in [5.74, 6) is 1.37. The number of nitrogens with two attached hydrogens (primary N) is 1. The van der Waals surface area contributed by atoms with Crippen LogP contribution < -0.4 is 15.8 Å². The van der Waals surface area contributed by atoms with Gasteiger partial charge in [-0.05, 0) is 62.2 Å². The Morgan fingerprint density at radius 3 is 2.32 bits per heavy atom. The van der Waals surface area contributed by atoms with E-state index in [0.29, 0.717) is 28.7 Å². The van der Waals surface area contributed by atoms with Gasteiger partial charge in [-0.3, -0.25) is 4.79 Å². The number of anilines is 2. The van der Waals surface area contributed by atoms with Crippen LogP contribution in [0.5, 0.6) is 11.6 Å². The Bertz CT molecular complexity index is 1640. The van der Waals surface area contributed by atoms with Crippen molar-refractivity contribution < 1.29 is 9.53 Å². The molecule has 0 radical (unpaired) electrons. The first-order valence-corrected chi connectivity index (χ1v) is 11.7. The SMILES string of the molecule is C=C(C)C(=O)Nc1ccc(-c2c(-c3ccc(Oc4cccc(C)n4)cc3)c3c(N)ncnn3c2C)cc1. The summed E-state index contributed by atoms with van der Waals surface area (Å²) in [5, 5.41) is 7.30. The number of fused-ring (bicyclic) bond motifs is 1. The van der Waals surface area contributed by atoms with Crippen LogP contribution in [0.4, 0.5) is 11.5 Å². The quantitative estimate of drug-likeness (QED) is 0.284. The highest BCUT2D eigenvalue weighted by Crippen LogP contribution is 2.42. The molecule has 0 aliphatic carbocycles. The number of hydrogen-bond donors (Lipinski definition) is 2. The van der Waals surface area contributed by atoms with Crippen molar-refractivity contribution in [1.82, 2.24) is 19.6 Å². The number of carbonyl (C=O) groups is 1. The van der Waals surface area contributed by atoms with E-state index in [-0.39, 0.29) is 5.91 Å². The van der Waals surface area contributed by atoms with Crippen molar-refractivity contribution in [3.63, 3.8) is 0 Å². The van der Waals surface area contributed by atoms with E-state index in [2.05, 4.69) is 27.0 Å². The zero-order valence-corrected chi connectivity index (χ0v) is 20.8. The molecule has 3 heterocycles. The Labute approximate surface area is 214 Å². The molecule has 3 aromatic heterocycles. The molecular formula is C29H26N6O2. The smallest absolute Gasteiger partial charge is 0.250 e. The second-order valence-corrected chi connectivity index (χ2v) is 8.80. The van der Waals surface area contributed by atoms with Gasteiger partial charge in [0.15, 0.2) is 5.82 Å². The second kappa shape index (κ2) is 9.58. The Morgan fingerprint density at radius 2 is 1.65 bits per heavy atom. The number of nitrogens with zero attached hydrogens (tertiary/aromatic N) is 4. The number of hydrogen-bond acceptors (Lipinski definition) is 6. The summed E-state index contributed by atoms with van der Waals surface area (Å²) in [4.78, 5) is 20.7. The van der Waals surface area contributed by atoms with Crippen molar-refractivity contribution >= 4 is 22.9 Å². The third-order valence-electron chi connectivity index (χ3n) is 6.03. The average Bonchev–Trinajstić information content (AvgIpc) is 3.18. The molecule has 3 N–H and O–H groups in total. The van der Waals surface area contributed by atoms with Gasteiger partial charge in [0.2, 0.25) is 5.88 Å². The van der Waals surface area contributed by atoms with Gasteiger partial charge in [-0.1, -0.05) is 36.9 Å². The van der Waals surface area contributed by atoms with E-state index in [4.69, 9.17) is 10.5 Å². The van der Waals surface area contributed by atoms with E-state index >= 15 is 0 Å². The van der Waals surface area contributed by atoms with Crippen molar-refractivity contribution in [2.75, 3.05) is 11.1 Å². The lowest BCUT2D eigenvalue weighted by Gasteiger charge is -2.10. The number of pyridine rings is 1. The Kier molecular flexibility index (Phi) is 6.15. The Hall–Kier alpha value is -4.98. The predicted molar refractivity (Wildman–Crippen MR) is 146 cm³/mol. The van der Waals surface area contributed by atoms with Crippen LogP contribution in [0.1, 0.15) is 18.3 Å². The number of aryl methyl sites for hydroxylation is 2. The Balaban J connectivity index is 1.58. The third-order valence-corrected chi connectivity index (χ3v) is 6.03. The van der Waals surface area contributed by atoms with Gasteiger partial charge < -0.3 is 15.8 Å². The summed E-state index contributed by atoms with van der Waals surface area (Å²) >= 11 is 0. The third kappa shape index (κ3) is 4.64. The molecule has 184 valence electrons. The van der Waals surface area contributed by atoms with Gasteiger partial charge in [0.1, 0.15) is 17.6 Å². The topological polar surface area (TPSA) is 107 Å². The maximum atomic E-state index is 12.0. The highest BCUT2D eigenvalue weighted by atomic mass is 16.5. The minimum Gasteiger partial charge on any atom is -0.439 e. The summed E-state index contributed by atoms with van der Waals surface area (Å²) in [6.45, 7) is 9.28. The molecule has 0 saturated heterocycles. The molecule has 0 fully saturated rings. The minimum absolute atomic E-state index is 0.217. The molecule has 2 aromatic carbocycles. The zero-order valence-electron chi connectivity index (χ0n) is 20.8. The summed E-state index contributed by atoms with van der Waals surface area (Å²) < 4.78 is 7.75. The number of amides is 1. The normalized spacial score (nSPS) is 10.9. The van der Waals surface area contributed by atoms with Gasteiger partial charge >= 0.3 is 0 Å². The molecule has 37 heavy (non-hydrogen) atoms. The van der Waals surface area contributed by atoms with Gasteiger partial charge in [0, 0.05) is 39.8 Å². The zero-order chi connectivity index (χ0) is 26.1. The molecule has 5 aromatic rings. The molecule has 0 spiro atoms. The number of rotatable bonds is 6. The largest absolute Gasteiger partial charge is 0.439 e. The lowest BCUT2D eigenvalue weighted by atomic mass is 9.95. The maximum Gasteiger partial charge on any atom is 0.250 e. The van der Waals surface area contributed by atoms with Crippen LogP contribution in [-0.2, 0) is 4.79 Å². The highest BCUT2D eigenvalue weighted by Gasteiger charge is 2.22. The van der Waals surface area contributed by atoms with Crippen molar-refractivity contribution in [1.29, 1.82) is 0 Å². The highest BCUT2D eigenvalue weighted by molar-refractivity contribution is 6.03. The molecule has 0 aliphatic heterocycles. The number of benzene rings is 2.